The molecule has 1 saturated heterocycles. The Labute approximate surface area is 157 Å². The molecule has 2 aromatic rings. The van der Waals surface area contributed by atoms with Crippen LogP contribution in [0, 0.1) is 12.8 Å². The highest BCUT2D eigenvalue weighted by Crippen LogP contribution is 2.25. The molecule has 2 heterocycles. The molecule has 0 bridgehead atoms. The summed E-state index contributed by atoms with van der Waals surface area (Å²) in [4.78, 5) is 4.58. The van der Waals surface area contributed by atoms with E-state index in [-0.39, 0.29) is 5.75 Å². The zero-order valence-corrected chi connectivity index (χ0v) is 16.6. The van der Waals surface area contributed by atoms with Crippen molar-refractivity contribution in [1.82, 2.24) is 13.9 Å². The van der Waals surface area contributed by atoms with Crippen molar-refractivity contribution in [2.24, 2.45) is 5.92 Å². The molecule has 0 aliphatic carbocycles. The summed E-state index contributed by atoms with van der Waals surface area (Å²) in [6.07, 6.45) is 5.81. The van der Waals surface area contributed by atoms with E-state index in [2.05, 4.69) is 23.4 Å². The topological polar surface area (TPSA) is 55.2 Å². The minimum absolute atomic E-state index is 0.0958. The zero-order chi connectivity index (χ0) is 18.6. The third-order valence-corrected chi connectivity index (χ3v) is 7.07. The van der Waals surface area contributed by atoms with Gasteiger partial charge in [0.2, 0.25) is 10.0 Å². The smallest absolute Gasteiger partial charge is 0.218 e. The summed E-state index contributed by atoms with van der Waals surface area (Å²) in [6.45, 7) is 6.52. The van der Waals surface area contributed by atoms with Crippen LogP contribution < -0.4 is 0 Å². The third-order valence-electron chi connectivity index (χ3n) is 5.21. The van der Waals surface area contributed by atoms with Gasteiger partial charge in [-0.05, 0) is 37.7 Å². The van der Waals surface area contributed by atoms with E-state index in [1.807, 2.05) is 36.5 Å². The van der Waals surface area contributed by atoms with Crippen molar-refractivity contribution >= 4 is 10.0 Å². The number of piperidine rings is 1. The minimum Gasteiger partial charge on any atom is -0.332 e. The summed E-state index contributed by atoms with van der Waals surface area (Å²) in [5.41, 5.74) is 2.07. The molecule has 6 heteroatoms. The highest BCUT2D eigenvalue weighted by molar-refractivity contribution is 7.88. The fourth-order valence-corrected chi connectivity index (χ4v) is 5.29. The van der Waals surface area contributed by atoms with Crippen LogP contribution in [0.4, 0.5) is 0 Å². The van der Waals surface area contributed by atoms with Crippen molar-refractivity contribution in [3.63, 3.8) is 0 Å². The largest absolute Gasteiger partial charge is 0.332 e. The lowest BCUT2D eigenvalue weighted by Gasteiger charge is -2.31. The van der Waals surface area contributed by atoms with Crippen molar-refractivity contribution in [3.8, 4) is 0 Å². The van der Waals surface area contributed by atoms with Crippen LogP contribution in [0.15, 0.2) is 36.5 Å². The summed E-state index contributed by atoms with van der Waals surface area (Å²) < 4.78 is 29.3. The Morgan fingerprint density at radius 1 is 1.15 bits per heavy atom. The van der Waals surface area contributed by atoms with E-state index in [1.54, 1.807) is 4.31 Å². The normalized spacial score (nSPS) is 16.8. The molecule has 0 unspecified atom stereocenters. The first-order chi connectivity index (χ1) is 12.5. The molecule has 0 N–H and O–H groups in total. The van der Waals surface area contributed by atoms with Crippen LogP contribution in [-0.2, 0) is 28.7 Å². The average Bonchev–Trinajstić information content (AvgIpc) is 2.96. The first kappa shape index (κ1) is 19.1. The van der Waals surface area contributed by atoms with E-state index in [0.29, 0.717) is 19.0 Å². The average molecular weight is 376 g/mol. The van der Waals surface area contributed by atoms with E-state index in [1.165, 1.54) is 5.69 Å². The predicted molar refractivity (Wildman–Crippen MR) is 104 cm³/mol. The molecule has 142 valence electrons. The second-order valence-electron chi connectivity index (χ2n) is 7.26. The lowest BCUT2D eigenvalue weighted by molar-refractivity contribution is 0.268. The van der Waals surface area contributed by atoms with Gasteiger partial charge in [-0.1, -0.05) is 37.3 Å². The van der Waals surface area contributed by atoms with E-state index in [9.17, 15) is 8.42 Å². The number of hydrogen-bond acceptors (Lipinski definition) is 3. The number of nitrogens with zero attached hydrogens (tertiary/aromatic N) is 3. The van der Waals surface area contributed by atoms with Gasteiger partial charge in [0, 0.05) is 37.9 Å². The molecule has 1 aliphatic heterocycles. The first-order valence-corrected chi connectivity index (χ1v) is 11.1. The molecule has 1 aromatic heterocycles. The molecule has 1 fully saturated rings. The van der Waals surface area contributed by atoms with Gasteiger partial charge in [-0.2, -0.15) is 0 Å². The fraction of sp³-hybridized carbons (Fsp3) is 0.550. The van der Waals surface area contributed by atoms with Gasteiger partial charge in [-0.3, -0.25) is 0 Å². The standard InChI is InChI=1S/C20H29N3O2S/c1-3-11-23-17(2)15-21-20(23)14-18-9-12-22(13-10-18)26(24,25)16-19-7-5-4-6-8-19/h4-8,15,18H,3,9-14,16H2,1-2H3. The molecular formula is C20H29N3O2S. The number of benzene rings is 1. The summed E-state index contributed by atoms with van der Waals surface area (Å²) in [6, 6.07) is 9.43. The predicted octanol–water partition coefficient (Wildman–Crippen LogP) is 3.39. The van der Waals surface area contributed by atoms with Crippen LogP contribution in [0.5, 0.6) is 0 Å². The Bertz CT molecular complexity index is 807. The third kappa shape index (κ3) is 4.54. The quantitative estimate of drug-likeness (QED) is 0.745. The molecule has 0 amide bonds. The number of sulfonamides is 1. The van der Waals surface area contributed by atoms with Crippen molar-refractivity contribution in [1.29, 1.82) is 0 Å². The Morgan fingerprint density at radius 2 is 1.85 bits per heavy atom. The molecular weight excluding hydrogens is 346 g/mol. The van der Waals surface area contributed by atoms with Crippen LogP contribution in [-0.4, -0.2) is 35.4 Å². The Hall–Kier alpha value is -1.66. The van der Waals surface area contributed by atoms with Gasteiger partial charge in [0.25, 0.3) is 0 Å². The second-order valence-corrected chi connectivity index (χ2v) is 9.22. The number of hydrogen-bond donors (Lipinski definition) is 0. The van der Waals surface area contributed by atoms with E-state index < -0.39 is 10.0 Å². The number of aryl methyl sites for hydroxylation is 1. The fourth-order valence-electron chi connectivity index (χ4n) is 3.73. The molecule has 0 radical (unpaired) electrons. The Kier molecular flexibility index (Phi) is 6.14. The van der Waals surface area contributed by atoms with E-state index in [4.69, 9.17) is 0 Å². The highest BCUT2D eigenvalue weighted by Gasteiger charge is 2.28. The van der Waals surface area contributed by atoms with Crippen molar-refractivity contribution < 1.29 is 8.42 Å². The molecule has 0 spiro atoms. The molecule has 1 aliphatic rings. The van der Waals surface area contributed by atoms with Gasteiger partial charge in [-0.25, -0.2) is 17.7 Å². The van der Waals surface area contributed by atoms with Crippen molar-refractivity contribution in [2.45, 2.75) is 51.8 Å². The van der Waals surface area contributed by atoms with Gasteiger partial charge in [0.15, 0.2) is 0 Å². The first-order valence-electron chi connectivity index (χ1n) is 9.52. The Balaban J connectivity index is 1.57. The zero-order valence-electron chi connectivity index (χ0n) is 15.8. The summed E-state index contributed by atoms with van der Waals surface area (Å²) in [5, 5.41) is 0. The van der Waals surface area contributed by atoms with Gasteiger partial charge >= 0.3 is 0 Å². The molecule has 1 aromatic carbocycles. The van der Waals surface area contributed by atoms with Gasteiger partial charge in [-0.15, -0.1) is 0 Å². The lowest BCUT2D eigenvalue weighted by Crippen LogP contribution is -2.39. The molecule has 26 heavy (non-hydrogen) atoms. The van der Waals surface area contributed by atoms with Gasteiger partial charge in [0.05, 0.1) is 5.75 Å². The van der Waals surface area contributed by atoms with Crippen molar-refractivity contribution in [3.05, 3.63) is 53.6 Å². The van der Waals surface area contributed by atoms with Crippen LogP contribution in [0.2, 0.25) is 0 Å². The number of imidazole rings is 1. The maximum atomic E-state index is 12.7. The monoisotopic (exact) mass is 375 g/mol. The Morgan fingerprint density at radius 3 is 2.50 bits per heavy atom. The number of aromatic nitrogens is 2. The maximum absolute atomic E-state index is 12.7. The molecule has 0 saturated carbocycles. The number of rotatable bonds is 7. The second kappa shape index (κ2) is 8.35. The summed E-state index contributed by atoms with van der Waals surface area (Å²) in [7, 11) is -3.23. The van der Waals surface area contributed by atoms with Crippen LogP contribution in [0.1, 0.15) is 43.3 Å². The maximum Gasteiger partial charge on any atom is 0.218 e. The molecule has 5 nitrogen and oxygen atoms in total. The minimum atomic E-state index is -3.23. The van der Waals surface area contributed by atoms with Crippen LogP contribution in [0.25, 0.3) is 0 Å². The van der Waals surface area contributed by atoms with Gasteiger partial charge in [0.1, 0.15) is 5.82 Å². The van der Waals surface area contributed by atoms with Gasteiger partial charge < -0.3 is 4.57 Å². The SMILES string of the molecule is CCCn1c(C)cnc1CC1CCN(S(=O)(=O)Cc2ccccc2)CC1. The highest BCUT2D eigenvalue weighted by atomic mass is 32.2. The summed E-state index contributed by atoms with van der Waals surface area (Å²) in [5.74, 6) is 1.75. The lowest BCUT2D eigenvalue weighted by atomic mass is 9.94. The van der Waals surface area contributed by atoms with E-state index in [0.717, 1.165) is 43.6 Å². The van der Waals surface area contributed by atoms with Crippen LogP contribution in [0.3, 0.4) is 0 Å². The van der Waals surface area contributed by atoms with E-state index >= 15 is 0 Å². The molecule has 0 atom stereocenters. The summed E-state index contributed by atoms with van der Waals surface area (Å²) >= 11 is 0. The van der Waals surface area contributed by atoms with Crippen molar-refractivity contribution in [2.75, 3.05) is 13.1 Å². The molecule has 3 rings (SSSR count). The van der Waals surface area contributed by atoms with Crippen LogP contribution >= 0.6 is 0 Å².